The van der Waals surface area contributed by atoms with Crippen molar-refractivity contribution in [1.29, 1.82) is 0 Å². The first-order valence-electron chi connectivity index (χ1n) is 6.69. The molecule has 2 aromatic carbocycles. The van der Waals surface area contributed by atoms with Crippen LogP contribution < -0.4 is 4.74 Å². The van der Waals surface area contributed by atoms with Gasteiger partial charge in [0.2, 0.25) is 0 Å². The van der Waals surface area contributed by atoms with Crippen LogP contribution in [0.2, 0.25) is 0 Å². The number of carbonyl (C=O) groups is 2. The van der Waals surface area contributed by atoms with Gasteiger partial charge in [-0.1, -0.05) is 30.3 Å². The van der Waals surface area contributed by atoms with Gasteiger partial charge in [-0.05, 0) is 35.9 Å². The number of methoxy groups -OCH3 is 2. The molecule has 0 amide bonds. The maximum Gasteiger partial charge on any atom is 0.337 e. The Morgan fingerprint density at radius 3 is 2.27 bits per heavy atom. The summed E-state index contributed by atoms with van der Waals surface area (Å²) in [6.45, 7) is 0. The van der Waals surface area contributed by atoms with Gasteiger partial charge >= 0.3 is 5.97 Å². The lowest BCUT2D eigenvalue weighted by atomic mass is 10.1. The van der Waals surface area contributed by atoms with Crippen LogP contribution in [0.4, 0.5) is 0 Å². The Morgan fingerprint density at radius 2 is 1.64 bits per heavy atom. The fourth-order valence-electron chi connectivity index (χ4n) is 1.90. The molecule has 2 aromatic rings. The monoisotopic (exact) mass is 296 g/mol. The predicted molar refractivity (Wildman–Crippen MR) is 84.1 cm³/mol. The van der Waals surface area contributed by atoms with Crippen molar-refractivity contribution < 1.29 is 19.1 Å². The first-order chi connectivity index (χ1) is 10.6. The molecule has 4 nitrogen and oxygen atoms in total. The summed E-state index contributed by atoms with van der Waals surface area (Å²) in [4.78, 5) is 23.4. The zero-order valence-electron chi connectivity index (χ0n) is 12.4. The third kappa shape index (κ3) is 3.82. The fraction of sp³-hybridized carbons (Fsp3) is 0.111. The van der Waals surface area contributed by atoms with Crippen molar-refractivity contribution in [3.8, 4) is 5.75 Å². The summed E-state index contributed by atoms with van der Waals surface area (Å²) in [7, 11) is 2.91. The number of ketones is 1. The highest BCUT2D eigenvalue weighted by Crippen LogP contribution is 2.14. The zero-order chi connectivity index (χ0) is 15.9. The minimum atomic E-state index is -0.425. The molecule has 0 saturated carbocycles. The van der Waals surface area contributed by atoms with E-state index < -0.39 is 5.97 Å². The minimum absolute atomic E-state index is 0.140. The summed E-state index contributed by atoms with van der Waals surface area (Å²) in [5.74, 6) is 0.169. The first kappa shape index (κ1) is 15.5. The average molecular weight is 296 g/mol. The van der Waals surface area contributed by atoms with Crippen LogP contribution in [0, 0.1) is 0 Å². The molecule has 4 heteroatoms. The van der Waals surface area contributed by atoms with E-state index in [4.69, 9.17) is 4.74 Å². The molecule has 0 aliphatic rings. The van der Waals surface area contributed by atoms with Crippen LogP contribution in [-0.4, -0.2) is 26.0 Å². The van der Waals surface area contributed by atoms with Crippen molar-refractivity contribution in [1.82, 2.24) is 0 Å². The van der Waals surface area contributed by atoms with Crippen LogP contribution >= 0.6 is 0 Å². The van der Waals surface area contributed by atoms with Crippen molar-refractivity contribution in [3.05, 3.63) is 71.3 Å². The molecule has 0 atom stereocenters. The van der Waals surface area contributed by atoms with Gasteiger partial charge in [0.05, 0.1) is 19.8 Å². The van der Waals surface area contributed by atoms with Crippen LogP contribution in [0.3, 0.4) is 0 Å². The molecule has 0 unspecified atom stereocenters. The van der Waals surface area contributed by atoms with E-state index in [9.17, 15) is 9.59 Å². The van der Waals surface area contributed by atoms with Crippen molar-refractivity contribution in [2.45, 2.75) is 0 Å². The highest BCUT2D eigenvalue weighted by Gasteiger charge is 2.07. The summed E-state index contributed by atoms with van der Waals surface area (Å²) in [5, 5.41) is 0. The average Bonchev–Trinajstić information content (AvgIpc) is 2.59. The van der Waals surface area contributed by atoms with E-state index in [2.05, 4.69) is 4.74 Å². The Balaban J connectivity index is 2.11. The Morgan fingerprint density at radius 1 is 0.955 bits per heavy atom. The number of rotatable bonds is 5. The Labute approximate surface area is 129 Å². The van der Waals surface area contributed by atoms with Crippen LogP contribution in [-0.2, 0) is 4.74 Å². The second kappa shape index (κ2) is 7.22. The molecule has 22 heavy (non-hydrogen) atoms. The lowest BCUT2D eigenvalue weighted by Gasteiger charge is -2.01. The van der Waals surface area contributed by atoms with E-state index in [1.54, 1.807) is 37.5 Å². The van der Waals surface area contributed by atoms with E-state index in [1.165, 1.54) is 13.2 Å². The third-order valence-electron chi connectivity index (χ3n) is 3.11. The van der Waals surface area contributed by atoms with Crippen LogP contribution in [0.1, 0.15) is 26.3 Å². The number of benzene rings is 2. The molecule has 0 fully saturated rings. The fourth-order valence-corrected chi connectivity index (χ4v) is 1.90. The van der Waals surface area contributed by atoms with Crippen molar-refractivity contribution >= 4 is 17.8 Å². The standard InChI is InChI=1S/C18H16O4/c1-21-16-5-3-4-13(12-16)6-11-17(19)14-7-9-15(10-8-14)18(20)22-2/h3-12H,1-2H3. The summed E-state index contributed by atoms with van der Waals surface area (Å²) in [6.07, 6.45) is 3.21. The van der Waals surface area contributed by atoms with Crippen LogP contribution in [0.15, 0.2) is 54.6 Å². The van der Waals surface area contributed by atoms with E-state index in [0.29, 0.717) is 11.1 Å². The molecule has 0 N–H and O–H groups in total. The second-order valence-corrected chi connectivity index (χ2v) is 4.54. The molecular weight excluding hydrogens is 280 g/mol. The first-order valence-corrected chi connectivity index (χ1v) is 6.69. The molecular formula is C18H16O4. The molecule has 0 bridgehead atoms. The topological polar surface area (TPSA) is 52.6 Å². The van der Waals surface area contributed by atoms with Gasteiger partial charge < -0.3 is 9.47 Å². The van der Waals surface area contributed by atoms with E-state index in [-0.39, 0.29) is 5.78 Å². The van der Waals surface area contributed by atoms with Gasteiger partial charge in [-0.3, -0.25) is 4.79 Å². The molecule has 0 saturated heterocycles. The van der Waals surface area contributed by atoms with Gasteiger partial charge in [-0.25, -0.2) is 4.79 Å². The molecule has 0 spiro atoms. The third-order valence-corrected chi connectivity index (χ3v) is 3.11. The number of carbonyl (C=O) groups excluding carboxylic acids is 2. The van der Waals surface area contributed by atoms with Gasteiger partial charge in [0.25, 0.3) is 0 Å². The molecule has 0 aliphatic carbocycles. The summed E-state index contributed by atoms with van der Waals surface area (Å²) in [6, 6.07) is 13.8. The molecule has 0 radical (unpaired) electrons. The molecule has 2 rings (SSSR count). The quantitative estimate of drug-likeness (QED) is 0.482. The number of hydrogen-bond acceptors (Lipinski definition) is 4. The molecule has 112 valence electrons. The SMILES string of the molecule is COC(=O)c1ccc(C(=O)C=Cc2cccc(OC)c2)cc1. The molecule has 0 aromatic heterocycles. The van der Waals surface area contributed by atoms with E-state index >= 15 is 0 Å². The van der Waals surface area contributed by atoms with E-state index in [0.717, 1.165) is 11.3 Å². The second-order valence-electron chi connectivity index (χ2n) is 4.54. The summed E-state index contributed by atoms with van der Waals surface area (Å²) in [5.41, 5.74) is 1.79. The maximum absolute atomic E-state index is 12.1. The smallest absolute Gasteiger partial charge is 0.337 e. The van der Waals surface area contributed by atoms with Crippen LogP contribution in [0.25, 0.3) is 6.08 Å². The van der Waals surface area contributed by atoms with Crippen LogP contribution in [0.5, 0.6) is 5.75 Å². The van der Waals surface area contributed by atoms with Gasteiger partial charge in [-0.2, -0.15) is 0 Å². The number of hydrogen-bond donors (Lipinski definition) is 0. The normalized spacial score (nSPS) is 10.5. The van der Waals surface area contributed by atoms with Gasteiger partial charge in [0, 0.05) is 5.56 Å². The lowest BCUT2D eigenvalue weighted by Crippen LogP contribution is -2.02. The highest BCUT2D eigenvalue weighted by molar-refractivity contribution is 6.07. The molecule has 0 aliphatic heterocycles. The summed E-state index contributed by atoms with van der Waals surface area (Å²) < 4.78 is 9.74. The number of allylic oxidation sites excluding steroid dienone is 1. The van der Waals surface area contributed by atoms with Crippen molar-refractivity contribution in [3.63, 3.8) is 0 Å². The lowest BCUT2D eigenvalue weighted by molar-refractivity contribution is 0.0600. The number of ether oxygens (including phenoxy) is 2. The van der Waals surface area contributed by atoms with Gasteiger partial charge in [0.1, 0.15) is 5.75 Å². The minimum Gasteiger partial charge on any atom is -0.497 e. The van der Waals surface area contributed by atoms with Crippen molar-refractivity contribution in [2.75, 3.05) is 14.2 Å². The molecule has 0 heterocycles. The maximum atomic E-state index is 12.1. The summed E-state index contributed by atoms with van der Waals surface area (Å²) >= 11 is 0. The number of esters is 1. The van der Waals surface area contributed by atoms with Gasteiger partial charge in [-0.15, -0.1) is 0 Å². The zero-order valence-corrected chi connectivity index (χ0v) is 12.4. The van der Waals surface area contributed by atoms with Gasteiger partial charge in [0.15, 0.2) is 5.78 Å². The van der Waals surface area contributed by atoms with E-state index in [1.807, 2.05) is 24.3 Å². The Hall–Kier alpha value is -2.88. The Kier molecular flexibility index (Phi) is 5.09. The Bertz CT molecular complexity index is 699. The largest absolute Gasteiger partial charge is 0.497 e. The van der Waals surface area contributed by atoms with Crippen molar-refractivity contribution in [2.24, 2.45) is 0 Å². The predicted octanol–water partition coefficient (Wildman–Crippen LogP) is 3.38. The highest BCUT2D eigenvalue weighted by atomic mass is 16.5.